The molecule has 0 aromatic heterocycles. The molecule has 1 aromatic carbocycles. The fourth-order valence-electron chi connectivity index (χ4n) is 4.71. The number of nitrogens with one attached hydrogen (secondary N) is 1. The molecule has 2 unspecified atom stereocenters. The molecule has 5 heteroatoms. The fraction of sp³-hybridized carbons (Fsp3) is 0.724. The minimum atomic E-state index is -0.478. The normalized spacial score (nSPS) is 14.1. The molecular weight excluding hydrogens is 424 g/mol. The van der Waals surface area contributed by atoms with Crippen LogP contribution in [0.1, 0.15) is 103 Å². The summed E-state index contributed by atoms with van der Waals surface area (Å²) in [7, 11) is 4.00. The van der Waals surface area contributed by atoms with Crippen molar-refractivity contribution in [3.05, 3.63) is 35.9 Å². The van der Waals surface area contributed by atoms with Gasteiger partial charge in [0.2, 0.25) is 5.91 Å². The summed E-state index contributed by atoms with van der Waals surface area (Å²) in [5, 5.41) is 13.3. The number of ketones is 1. The van der Waals surface area contributed by atoms with E-state index in [0.29, 0.717) is 13.0 Å². The Morgan fingerprint density at radius 3 is 2.24 bits per heavy atom. The molecule has 0 spiro atoms. The Bertz CT molecular complexity index is 677. The summed E-state index contributed by atoms with van der Waals surface area (Å²) in [6.07, 6.45) is 11.7. The van der Waals surface area contributed by atoms with E-state index in [0.717, 1.165) is 89.2 Å². The number of aliphatic hydroxyl groups excluding tert-OH is 1. The van der Waals surface area contributed by atoms with E-state index in [9.17, 15) is 14.7 Å². The lowest BCUT2D eigenvalue weighted by molar-refractivity contribution is -0.123. The summed E-state index contributed by atoms with van der Waals surface area (Å²) >= 11 is 0. The second-order valence-electron chi connectivity index (χ2n) is 10.1. The van der Waals surface area contributed by atoms with Crippen molar-refractivity contribution in [1.29, 1.82) is 0 Å². The van der Waals surface area contributed by atoms with E-state index >= 15 is 0 Å². The van der Waals surface area contributed by atoms with Crippen molar-refractivity contribution in [2.45, 2.75) is 109 Å². The van der Waals surface area contributed by atoms with Crippen molar-refractivity contribution >= 4 is 11.7 Å². The molecule has 5 nitrogen and oxygen atoms in total. The molecule has 2 atom stereocenters. The molecule has 0 radical (unpaired) electrons. The molecule has 0 fully saturated rings. The molecule has 1 amide bonds. The van der Waals surface area contributed by atoms with E-state index in [4.69, 9.17) is 0 Å². The molecule has 194 valence electrons. The first kappa shape index (κ1) is 30.3. The SMILES string of the molecule is CCCCCC(O)CCCC(CCCCCCC(=O)NCCN(C)C)(C(C)=O)c1ccccc1. The van der Waals surface area contributed by atoms with Gasteiger partial charge in [0.05, 0.1) is 11.5 Å². The first-order valence-corrected chi connectivity index (χ1v) is 13.5. The van der Waals surface area contributed by atoms with Gasteiger partial charge < -0.3 is 15.3 Å². The van der Waals surface area contributed by atoms with Crippen LogP contribution in [0.2, 0.25) is 0 Å². The van der Waals surface area contributed by atoms with Crippen molar-refractivity contribution in [3.63, 3.8) is 0 Å². The average molecular weight is 475 g/mol. The maximum absolute atomic E-state index is 13.0. The van der Waals surface area contributed by atoms with E-state index in [1.165, 1.54) is 0 Å². The first-order valence-electron chi connectivity index (χ1n) is 13.5. The first-order chi connectivity index (χ1) is 16.3. The molecule has 2 N–H and O–H groups in total. The van der Waals surface area contributed by atoms with Gasteiger partial charge >= 0.3 is 0 Å². The van der Waals surface area contributed by atoms with Crippen LogP contribution in [0.4, 0.5) is 0 Å². The largest absolute Gasteiger partial charge is 0.393 e. The molecule has 0 saturated heterocycles. The average Bonchev–Trinajstić information content (AvgIpc) is 2.80. The summed E-state index contributed by atoms with van der Waals surface area (Å²) in [6.45, 7) is 5.45. The molecule has 1 rings (SSSR count). The lowest BCUT2D eigenvalue weighted by Gasteiger charge is -2.33. The number of likely N-dealkylation sites (N-methyl/N-ethyl adjacent to an activating group) is 1. The lowest BCUT2D eigenvalue weighted by atomic mass is 9.70. The van der Waals surface area contributed by atoms with Crippen LogP contribution in [0.15, 0.2) is 30.3 Å². The maximum atomic E-state index is 13.0. The molecule has 0 aliphatic rings. The van der Waals surface area contributed by atoms with Crippen LogP contribution >= 0.6 is 0 Å². The van der Waals surface area contributed by atoms with Crippen LogP contribution in [0, 0.1) is 0 Å². The predicted octanol–water partition coefficient (Wildman–Crippen LogP) is 5.64. The Labute approximate surface area is 208 Å². The summed E-state index contributed by atoms with van der Waals surface area (Å²) in [6, 6.07) is 10.2. The van der Waals surface area contributed by atoms with E-state index in [1.54, 1.807) is 6.92 Å². The van der Waals surface area contributed by atoms with Gasteiger partial charge in [0.15, 0.2) is 0 Å². The van der Waals surface area contributed by atoms with Crippen molar-refractivity contribution < 1.29 is 14.7 Å². The molecule has 1 aromatic rings. The van der Waals surface area contributed by atoms with Crippen LogP contribution in [-0.2, 0) is 15.0 Å². The Kier molecular flexibility index (Phi) is 15.8. The topological polar surface area (TPSA) is 69.6 Å². The Balaban J connectivity index is 2.55. The van der Waals surface area contributed by atoms with Gasteiger partial charge in [-0.25, -0.2) is 0 Å². The number of carbonyl (C=O) groups excluding carboxylic acids is 2. The highest BCUT2D eigenvalue weighted by Gasteiger charge is 2.36. The van der Waals surface area contributed by atoms with Crippen LogP contribution in [-0.4, -0.2) is 55.0 Å². The van der Waals surface area contributed by atoms with Crippen molar-refractivity contribution in [3.8, 4) is 0 Å². The number of hydrogen-bond acceptors (Lipinski definition) is 4. The van der Waals surface area contributed by atoms with Gasteiger partial charge in [0.25, 0.3) is 0 Å². The highest BCUT2D eigenvalue weighted by atomic mass is 16.3. The van der Waals surface area contributed by atoms with Crippen molar-refractivity contribution in [2.24, 2.45) is 0 Å². The van der Waals surface area contributed by atoms with E-state index in [-0.39, 0.29) is 17.8 Å². The summed E-state index contributed by atoms with van der Waals surface area (Å²) in [5.41, 5.74) is 0.622. The molecular formula is C29H50N2O3. The lowest BCUT2D eigenvalue weighted by Crippen LogP contribution is -2.34. The van der Waals surface area contributed by atoms with Gasteiger partial charge in [0, 0.05) is 19.5 Å². The molecule has 0 aliphatic heterocycles. The van der Waals surface area contributed by atoms with Crippen LogP contribution in [0.5, 0.6) is 0 Å². The number of aliphatic hydroxyl groups is 1. The van der Waals surface area contributed by atoms with E-state index < -0.39 is 5.41 Å². The third kappa shape index (κ3) is 12.1. The Morgan fingerprint density at radius 2 is 1.59 bits per heavy atom. The van der Waals surface area contributed by atoms with Gasteiger partial charge in [-0.1, -0.05) is 75.8 Å². The number of amides is 1. The van der Waals surface area contributed by atoms with Crippen LogP contribution < -0.4 is 5.32 Å². The number of unbranched alkanes of at least 4 members (excludes halogenated alkanes) is 5. The summed E-state index contributed by atoms with van der Waals surface area (Å²) in [5.74, 6) is 0.348. The minimum absolute atomic E-state index is 0.127. The van der Waals surface area contributed by atoms with Gasteiger partial charge in [0.1, 0.15) is 5.78 Å². The Hall–Kier alpha value is -1.72. The van der Waals surface area contributed by atoms with Gasteiger partial charge in [-0.2, -0.15) is 0 Å². The number of carbonyl (C=O) groups is 2. The smallest absolute Gasteiger partial charge is 0.220 e. The predicted molar refractivity (Wildman–Crippen MR) is 142 cm³/mol. The number of nitrogens with zero attached hydrogens (tertiary/aromatic N) is 1. The van der Waals surface area contributed by atoms with Crippen molar-refractivity contribution in [2.75, 3.05) is 27.2 Å². The second kappa shape index (κ2) is 17.7. The molecule has 0 heterocycles. The van der Waals surface area contributed by atoms with Crippen molar-refractivity contribution in [1.82, 2.24) is 10.2 Å². The molecule has 0 saturated carbocycles. The minimum Gasteiger partial charge on any atom is -0.393 e. The zero-order chi connectivity index (χ0) is 25.2. The monoisotopic (exact) mass is 474 g/mol. The zero-order valence-corrected chi connectivity index (χ0v) is 22.3. The number of rotatable bonds is 20. The summed E-state index contributed by atoms with van der Waals surface area (Å²) in [4.78, 5) is 27.0. The fourth-order valence-corrected chi connectivity index (χ4v) is 4.71. The quantitative estimate of drug-likeness (QED) is 0.240. The number of Topliss-reactive ketones (excluding diaryl/α,β-unsaturated/α-hetero) is 1. The van der Waals surface area contributed by atoms with Gasteiger partial charge in [-0.05, 0) is 65.1 Å². The third-order valence-corrected chi connectivity index (χ3v) is 6.92. The van der Waals surface area contributed by atoms with Crippen LogP contribution in [0.3, 0.4) is 0 Å². The van der Waals surface area contributed by atoms with E-state index in [2.05, 4.69) is 29.3 Å². The van der Waals surface area contributed by atoms with Gasteiger partial charge in [-0.3, -0.25) is 9.59 Å². The standard InChI is InChI=1S/C29H50N2O3/c1-5-6-10-18-27(33)19-15-22-29(25(2)32,26-16-11-9-12-17-26)21-14-8-7-13-20-28(34)30-23-24-31(3)4/h9,11-12,16-17,27,33H,5-8,10,13-15,18-24H2,1-4H3,(H,30,34). The Morgan fingerprint density at radius 1 is 0.941 bits per heavy atom. The van der Waals surface area contributed by atoms with Crippen LogP contribution in [0.25, 0.3) is 0 Å². The highest BCUT2D eigenvalue weighted by molar-refractivity contribution is 5.88. The molecule has 0 bridgehead atoms. The molecule has 0 aliphatic carbocycles. The third-order valence-electron chi connectivity index (χ3n) is 6.92. The summed E-state index contributed by atoms with van der Waals surface area (Å²) < 4.78 is 0. The second-order valence-corrected chi connectivity index (χ2v) is 10.1. The number of benzene rings is 1. The highest BCUT2D eigenvalue weighted by Crippen LogP contribution is 2.37. The number of hydrogen-bond donors (Lipinski definition) is 2. The maximum Gasteiger partial charge on any atom is 0.220 e. The van der Waals surface area contributed by atoms with E-state index in [1.807, 2.05) is 32.3 Å². The zero-order valence-electron chi connectivity index (χ0n) is 22.3. The molecule has 34 heavy (non-hydrogen) atoms. The van der Waals surface area contributed by atoms with Gasteiger partial charge in [-0.15, -0.1) is 0 Å².